The summed E-state index contributed by atoms with van der Waals surface area (Å²) in [7, 11) is 1.69. The second-order valence-electron chi connectivity index (χ2n) is 4.69. The summed E-state index contributed by atoms with van der Waals surface area (Å²) in [6, 6.07) is 8.66. The molecule has 1 fully saturated rings. The number of rotatable bonds is 3. The van der Waals surface area contributed by atoms with E-state index in [1.54, 1.807) is 7.11 Å². The Hall–Kier alpha value is -1.49. The number of aryl methyl sites for hydroxylation is 1. The number of nitrogens with zero attached hydrogens (tertiary/aromatic N) is 1. The van der Waals surface area contributed by atoms with Gasteiger partial charge in [0.15, 0.2) is 0 Å². The highest BCUT2D eigenvalue weighted by Gasteiger charge is 2.53. The lowest BCUT2D eigenvalue weighted by Crippen LogP contribution is -2.07. The molecule has 1 aromatic rings. The fourth-order valence-electron chi connectivity index (χ4n) is 2.27. The van der Waals surface area contributed by atoms with Gasteiger partial charge in [-0.3, -0.25) is 0 Å². The summed E-state index contributed by atoms with van der Waals surface area (Å²) in [4.78, 5) is 0. The first-order valence-electron chi connectivity index (χ1n) is 5.72. The number of hydrogen-bond donors (Lipinski definition) is 0. The zero-order chi connectivity index (χ0) is 11.8. The lowest BCUT2D eigenvalue weighted by atomic mass is 9.92. The minimum absolute atomic E-state index is 0.00523. The molecule has 0 spiro atoms. The average molecular weight is 215 g/mol. The normalized spacial score (nSPS) is 27.2. The maximum Gasteiger partial charge on any atom is 0.122 e. The zero-order valence-corrected chi connectivity index (χ0v) is 10.1. The third-order valence-electron chi connectivity index (χ3n) is 3.68. The van der Waals surface area contributed by atoms with Gasteiger partial charge in [-0.15, -0.1) is 0 Å². The Morgan fingerprint density at radius 2 is 2.31 bits per heavy atom. The maximum absolute atomic E-state index is 9.00. The molecular weight excluding hydrogens is 198 g/mol. The Bertz CT molecular complexity index is 447. The molecule has 0 heterocycles. The van der Waals surface area contributed by atoms with Crippen LogP contribution in [-0.4, -0.2) is 7.11 Å². The van der Waals surface area contributed by atoms with E-state index < -0.39 is 0 Å². The van der Waals surface area contributed by atoms with Crippen molar-refractivity contribution in [2.24, 2.45) is 5.92 Å². The third-order valence-corrected chi connectivity index (χ3v) is 3.68. The standard InChI is InChI=1S/C14H17NO/c1-4-10-5-6-13(16-3)12(7-10)14(2)8-11(14)9-15/h5-7,11H,4,8H2,1-3H3. The maximum atomic E-state index is 9.00. The molecule has 0 aliphatic heterocycles. The predicted octanol–water partition coefficient (Wildman–Crippen LogP) is 3.06. The van der Waals surface area contributed by atoms with Crippen LogP contribution in [-0.2, 0) is 11.8 Å². The predicted molar refractivity (Wildman–Crippen MR) is 63.4 cm³/mol. The molecule has 0 aromatic heterocycles. The molecule has 1 aliphatic rings. The summed E-state index contributed by atoms with van der Waals surface area (Å²) < 4.78 is 5.39. The van der Waals surface area contributed by atoms with Crippen molar-refractivity contribution >= 4 is 0 Å². The van der Waals surface area contributed by atoms with Crippen molar-refractivity contribution in [2.45, 2.75) is 32.1 Å². The minimum Gasteiger partial charge on any atom is -0.496 e. The first-order valence-corrected chi connectivity index (χ1v) is 5.72. The monoisotopic (exact) mass is 215 g/mol. The number of nitriles is 1. The van der Waals surface area contributed by atoms with Crippen LogP contribution in [0.4, 0.5) is 0 Å². The van der Waals surface area contributed by atoms with Gasteiger partial charge in [-0.1, -0.05) is 26.0 Å². The van der Waals surface area contributed by atoms with Gasteiger partial charge < -0.3 is 4.74 Å². The zero-order valence-electron chi connectivity index (χ0n) is 10.1. The molecule has 16 heavy (non-hydrogen) atoms. The van der Waals surface area contributed by atoms with Crippen molar-refractivity contribution in [3.8, 4) is 11.8 Å². The first kappa shape index (κ1) is 11.0. The molecule has 2 nitrogen and oxygen atoms in total. The van der Waals surface area contributed by atoms with Crippen molar-refractivity contribution in [1.29, 1.82) is 5.26 Å². The van der Waals surface area contributed by atoms with Gasteiger partial charge in [0.1, 0.15) is 5.75 Å². The lowest BCUT2D eigenvalue weighted by molar-refractivity contribution is 0.404. The molecule has 1 saturated carbocycles. The molecule has 0 amide bonds. The molecule has 1 aromatic carbocycles. The summed E-state index contributed by atoms with van der Waals surface area (Å²) in [6.07, 6.45) is 1.97. The van der Waals surface area contributed by atoms with Crippen LogP contribution in [0.3, 0.4) is 0 Å². The molecule has 2 unspecified atom stereocenters. The van der Waals surface area contributed by atoms with Gasteiger partial charge in [0.2, 0.25) is 0 Å². The van der Waals surface area contributed by atoms with Gasteiger partial charge in [-0.25, -0.2) is 0 Å². The van der Waals surface area contributed by atoms with Crippen molar-refractivity contribution in [2.75, 3.05) is 7.11 Å². The molecule has 2 atom stereocenters. The van der Waals surface area contributed by atoms with E-state index in [0.29, 0.717) is 0 Å². The summed E-state index contributed by atoms with van der Waals surface area (Å²) in [5, 5.41) is 9.00. The summed E-state index contributed by atoms with van der Waals surface area (Å²) in [5.41, 5.74) is 2.51. The summed E-state index contributed by atoms with van der Waals surface area (Å²) >= 11 is 0. The van der Waals surface area contributed by atoms with Crippen LogP contribution < -0.4 is 4.74 Å². The van der Waals surface area contributed by atoms with Crippen LogP contribution in [0.25, 0.3) is 0 Å². The van der Waals surface area contributed by atoms with Crippen molar-refractivity contribution in [3.05, 3.63) is 29.3 Å². The first-order chi connectivity index (χ1) is 7.65. The van der Waals surface area contributed by atoms with Gasteiger partial charge in [0.25, 0.3) is 0 Å². The summed E-state index contributed by atoms with van der Waals surface area (Å²) in [5.74, 6) is 1.06. The number of hydrogen-bond acceptors (Lipinski definition) is 2. The van der Waals surface area contributed by atoms with Gasteiger partial charge >= 0.3 is 0 Å². The minimum atomic E-state index is 0.00523. The van der Waals surface area contributed by atoms with Gasteiger partial charge in [0.05, 0.1) is 19.1 Å². The molecular formula is C14H17NO. The van der Waals surface area contributed by atoms with Gasteiger partial charge in [-0.2, -0.15) is 5.26 Å². The third kappa shape index (κ3) is 1.57. The average Bonchev–Trinajstić information content (AvgIpc) is 3.01. The Morgan fingerprint density at radius 3 is 2.81 bits per heavy atom. The fraction of sp³-hybridized carbons (Fsp3) is 0.500. The van der Waals surface area contributed by atoms with Gasteiger partial charge in [0, 0.05) is 11.0 Å². The second-order valence-corrected chi connectivity index (χ2v) is 4.69. The van der Waals surface area contributed by atoms with E-state index >= 15 is 0 Å². The van der Waals surface area contributed by atoms with Crippen molar-refractivity contribution in [1.82, 2.24) is 0 Å². The quantitative estimate of drug-likeness (QED) is 0.776. The highest BCUT2D eigenvalue weighted by molar-refractivity contribution is 5.47. The van der Waals surface area contributed by atoms with Crippen LogP contribution in [0.2, 0.25) is 0 Å². The molecule has 0 radical (unpaired) electrons. The highest BCUT2D eigenvalue weighted by atomic mass is 16.5. The largest absolute Gasteiger partial charge is 0.496 e. The van der Waals surface area contributed by atoms with Crippen LogP contribution in [0.1, 0.15) is 31.4 Å². The molecule has 0 N–H and O–H groups in total. The van der Waals surface area contributed by atoms with Gasteiger partial charge in [-0.05, 0) is 24.5 Å². The Labute approximate surface area is 96.9 Å². The Morgan fingerprint density at radius 1 is 1.56 bits per heavy atom. The fourth-order valence-corrected chi connectivity index (χ4v) is 2.27. The van der Waals surface area contributed by atoms with E-state index in [9.17, 15) is 0 Å². The smallest absolute Gasteiger partial charge is 0.122 e. The molecule has 0 bridgehead atoms. The van der Waals surface area contributed by atoms with Crippen LogP contribution in [0, 0.1) is 17.2 Å². The number of benzene rings is 1. The Balaban J connectivity index is 2.43. The van der Waals surface area contributed by atoms with Crippen molar-refractivity contribution < 1.29 is 4.74 Å². The van der Waals surface area contributed by atoms with E-state index in [2.05, 4.69) is 32.0 Å². The topological polar surface area (TPSA) is 33.0 Å². The lowest BCUT2D eigenvalue weighted by Gasteiger charge is -2.15. The highest BCUT2D eigenvalue weighted by Crippen LogP contribution is 2.56. The molecule has 2 rings (SSSR count). The molecule has 0 saturated heterocycles. The van der Waals surface area contributed by atoms with E-state index in [-0.39, 0.29) is 11.3 Å². The molecule has 1 aliphatic carbocycles. The van der Waals surface area contributed by atoms with Crippen LogP contribution in [0.15, 0.2) is 18.2 Å². The van der Waals surface area contributed by atoms with E-state index in [4.69, 9.17) is 10.00 Å². The number of ether oxygens (including phenoxy) is 1. The number of methoxy groups -OCH3 is 1. The van der Waals surface area contributed by atoms with E-state index in [0.717, 1.165) is 18.6 Å². The molecule has 84 valence electrons. The van der Waals surface area contributed by atoms with Crippen LogP contribution in [0.5, 0.6) is 5.75 Å². The van der Waals surface area contributed by atoms with Crippen LogP contribution >= 0.6 is 0 Å². The second kappa shape index (κ2) is 3.83. The molecule has 2 heteroatoms. The van der Waals surface area contributed by atoms with Crippen molar-refractivity contribution in [3.63, 3.8) is 0 Å². The van der Waals surface area contributed by atoms with E-state index in [1.807, 2.05) is 6.07 Å². The summed E-state index contributed by atoms with van der Waals surface area (Å²) in [6.45, 7) is 4.29. The van der Waals surface area contributed by atoms with E-state index in [1.165, 1.54) is 11.1 Å². The Kier molecular flexibility index (Phi) is 2.63. The SMILES string of the molecule is CCc1ccc(OC)c(C2(C)CC2C#N)c1.